The molecule has 0 bridgehead atoms. The second-order valence-electron chi connectivity index (χ2n) is 5.66. The van der Waals surface area contributed by atoms with Crippen molar-refractivity contribution in [3.05, 3.63) is 58.4 Å². The van der Waals surface area contributed by atoms with Gasteiger partial charge in [0.05, 0.1) is 16.1 Å². The number of rotatable bonds is 5. The molecule has 28 heavy (non-hydrogen) atoms. The molecule has 4 rings (SSSR count). The van der Waals surface area contributed by atoms with Crippen molar-refractivity contribution in [1.29, 1.82) is 0 Å². The van der Waals surface area contributed by atoms with E-state index in [9.17, 15) is 13.2 Å². The second kappa shape index (κ2) is 7.57. The monoisotopic (exact) mass is 439 g/mol. The highest BCUT2D eigenvalue weighted by atomic mass is 32.2. The van der Waals surface area contributed by atoms with E-state index in [0.717, 1.165) is 22.7 Å². The summed E-state index contributed by atoms with van der Waals surface area (Å²) in [6.07, 6.45) is -4.34. The minimum atomic E-state index is -4.34. The summed E-state index contributed by atoms with van der Waals surface area (Å²) in [6, 6.07) is 8.83. The van der Waals surface area contributed by atoms with Gasteiger partial charge in [0.25, 0.3) is 0 Å². The summed E-state index contributed by atoms with van der Waals surface area (Å²) in [5.74, 6) is 7.20. The van der Waals surface area contributed by atoms with Crippen LogP contribution in [0.1, 0.15) is 11.3 Å². The number of hydrogen-bond donors (Lipinski definition) is 1. The van der Waals surface area contributed by atoms with Gasteiger partial charge in [-0.3, -0.25) is 0 Å². The summed E-state index contributed by atoms with van der Waals surface area (Å²) < 4.78 is 39.5. The molecule has 0 aliphatic rings. The highest BCUT2D eigenvalue weighted by Crippen LogP contribution is 2.33. The maximum atomic E-state index is 12.7. The first kappa shape index (κ1) is 19.0. The van der Waals surface area contributed by atoms with Crippen molar-refractivity contribution < 1.29 is 13.2 Å². The molecule has 5 nitrogen and oxygen atoms in total. The van der Waals surface area contributed by atoms with Gasteiger partial charge in [-0.15, -0.1) is 32.9 Å². The number of nitrogens with zero attached hydrogens (tertiary/aromatic N) is 4. The molecule has 1 aromatic carbocycles. The molecule has 2 N–H and O–H groups in total. The zero-order valence-corrected chi connectivity index (χ0v) is 16.5. The summed E-state index contributed by atoms with van der Waals surface area (Å²) in [4.78, 5) is 5.42. The lowest BCUT2D eigenvalue weighted by Gasteiger charge is -2.06. The smallest absolute Gasteiger partial charge is 0.335 e. The standard InChI is InChI=1S/C17H12F3N5S3/c18-17(19,20)11-5-3-10(4-6-11)15-22-12(8-27-15)9-28-16-24-23-14(25(16)21)13-2-1-7-26-13/h1-8H,9,21H2. The van der Waals surface area contributed by atoms with Gasteiger partial charge in [-0.25, -0.2) is 9.66 Å². The Bertz CT molecular complexity index is 1070. The summed E-state index contributed by atoms with van der Waals surface area (Å²) >= 11 is 4.31. The maximum absolute atomic E-state index is 12.7. The van der Waals surface area contributed by atoms with Crippen LogP contribution in [0.4, 0.5) is 13.2 Å². The average molecular weight is 440 g/mol. The van der Waals surface area contributed by atoms with Crippen LogP contribution in [-0.4, -0.2) is 19.9 Å². The predicted molar refractivity (Wildman–Crippen MR) is 106 cm³/mol. The third-order valence-electron chi connectivity index (χ3n) is 3.77. The van der Waals surface area contributed by atoms with E-state index in [4.69, 9.17) is 5.84 Å². The molecule has 0 aliphatic heterocycles. The summed E-state index contributed by atoms with van der Waals surface area (Å²) in [6.45, 7) is 0. The van der Waals surface area contributed by atoms with Crippen molar-refractivity contribution in [2.75, 3.05) is 5.84 Å². The number of thiophene rings is 1. The Kier molecular flexibility index (Phi) is 5.13. The normalized spacial score (nSPS) is 11.8. The lowest BCUT2D eigenvalue weighted by molar-refractivity contribution is -0.137. The number of benzene rings is 1. The van der Waals surface area contributed by atoms with E-state index >= 15 is 0 Å². The molecule has 0 aliphatic carbocycles. The largest absolute Gasteiger partial charge is 0.416 e. The molecule has 3 aromatic heterocycles. The fraction of sp³-hybridized carbons (Fsp3) is 0.118. The molecule has 0 radical (unpaired) electrons. The number of nitrogens with two attached hydrogens (primary N) is 1. The first-order chi connectivity index (χ1) is 13.4. The summed E-state index contributed by atoms with van der Waals surface area (Å²) in [5.41, 5.74) is 0.772. The van der Waals surface area contributed by atoms with Crippen LogP contribution in [0.2, 0.25) is 0 Å². The van der Waals surface area contributed by atoms with Crippen LogP contribution in [0, 0.1) is 0 Å². The molecule has 0 atom stereocenters. The molecule has 3 heterocycles. The molecular formula is C17H12F3N5S3. The fourth-order valence-electron chi connectivity index (χ4n) is 2.40. The van der Waals surface area contributed by atoms with E-state index in [1.165, 1.54) is 51.2 Å². The van der Waals surface area contributed by atoms with Crippen molar-refractivity contribution in [2.24, 2.45) is 0 Å². The van der Waals surface area contributed by atoms with Gasteiger partial charge < -0.3 is 5.84 Å². The van der Waals surface area contributed by atoms with Gasteiger partial charge in [-0.2, -0.15) is 13.2 Å². The second-order valence-corrected chi connectivity index (χ2v) is 8.41. The molecule has 0 spiro atoms. The van der Waals surface area contributed by atoms with Gasteiger partial charge in [0.2, 0.25) is 5.16 Å². The quantitative estimate of drug-likeness (QED) is 0.344. The molecule has 0 saturated heterocycles. The first-order valence-corrected chi connectivity index (χ1v) is 10.7. The van der Waals surface area contributed by atoms with Gasteiger partial charge in [0.15, 0.2) is 5.82 Å². The highest BCUT2D eigenvalue weighted by Gasteiger charge is 2.30. The molecule has 0 unspecified atom stereocenters. The van der Waals surface area contributed by atoms with Gasteiger partial charge in [0, 0.05) is 16.7 Å². The topological polar surface area (TPSA) is 69.6 Å². The predicted octanol–water partition coefficient (Wildman–Crippen LogP) is 5.16. The molecule has 0 fully saturated rings. The molecule has 4 aromatic rings. The number of nitrogen functional groups attached to an aromatic ring is 1. The SMILES string of the molecule is Nn1c(SCc2csc(-c3ccc(C(F)(F)F)cc3)n2)nnc1-c1cccs1. The van der Waals surface area contributed by atoms with Crippen LogP contribution in [-0.2, 0) is 11.9 Å². The third-order valence-corrected chi connectivity index (χ3v) is 6.55. The number of thioether (sulfide) groups is 1. The fourth-order valence-corrected chi connectivity index (χ4v) is 4.78. The van der Waals surface area contributed by atoms with E-state index in [-0.39, 0.29) is 0 Å². The zero-order chi connectivity index (χ0) is 19.7. The van der Waals surface area contributed by atoms with Gasteiger partial charge in [-0.1, -0.05) is 30.0 Å². The van der Waals surface area contributed by atoms with E-state index in [2.05, 4.69) is 15.2 Å². The third kappa shape index (κ3) is 3.91. The minimum absolute atomic E-state index is 0.525. The van der Waals surface area contributed by atoms with E-state index < -0.39 is 11.7 Å². The van der Waals surface area contributed by atoms with Crippen molar-refractivity contribution in [1.82, 2.24) is 19.9 Å². The molecule has 0 amide bonds. The molecule has 0 saturated carbocycles. The lowest BCUT2D eigenvalue weighted by atomic mass is 10.1. The Morgan fingerprint density at radius 2 is 1.86 bits per heavy atom. The first-order valence-electron chi connectivity index (χ1n) is 7.91. The van der Waals surface area contributed by atoms with Crippen LogP contribution in [0.5, 0.6) is 0 Å². The van der Waals surface area contributed by atoms with Crippen LogP contribution in [0.25, 0.3) is 21.3 Å². The summed E-state index contributed by atoms with van der Waals surface area (Å²) in [7, 11) is 0. The van der Waals surface area contributed by atoms with Crippen molar-refractivity contribution in [3.63, 3.8) is 0 Å². The Balaban J connectivity index is 1.44. The van der Waals surface area contributed by atoms with Crippen LogP contribution in [0.15, 0.2) is 52.3 Å². The van der Waals surface area contributed by atoms with Gasteiger partial charge >= 0.3 is 6.18 Å². The Morgan fingerprint density at radius 1 is 1.07 bits per heavy atom. The number of thiazole rings is 1. The molecular weight excluding hydrogens is 427 g/mol. The lowest BCUT2D eigenvalue weighted by Crippen LogP contribution is -2.11. The van der Waals surface area contributed by atoms with E-state index in [0.29, 0.717) is 27.3 Å². The van der Waals surface area contributed by atoms with Gasteiger partial charge in [0.1, 0.15) is 5.01 Å². The highest BCUT2D eigenvalue weighted by molar-refractivity contribution is 7.98. The number of aromatic nitrogens is 4. The number of alkyl halides is 3. The van der Waals surface area contributed by atoms with Crippen molar-refractivity contribution >= 4 is 34.4 Å². The Morgan fingerprint density at radius 3 is 2.54 bits per heavy atom. The number of hydrogen-bond acceptors (Lipinski definition) is 7. The molecule has 11 heteroatoms. The van der Waals surface area contributed by atoms with Gasteiger partial charge in [-0.05, 0) is 23.6 Å². The van der Waals surface area contributed by atoms with Crippen LogP contribution >= 0.6 is 34.4 Å². The van der Waals surface area contributed by atoms with Crippen LogP contribution in [0.3, 0.4) is 0 Å². The Hall–Kier alpha value is -2.37. The van der Waals surface area contributed by atoms with Crippen LogP contribution < -0.4 is 5.84 Å². The van der Waals surface area contributed by atoms with E-state index in [1.54, 1.807) is 0 Å². The average Bonchev–Trinajstić information content (AvgIpc) is 3.41. The van der Waals surface area contributed by atoms with Crippen molar-refractivity contribution in [2.45, 2.75) is 17.1 Å². The van der Waals surface area contributed by atoms with Crippen molar-refractivity contribution in [3.8, 4) is 21.3 Å². The maximum Gasteiger partial charge on any atom is 0.416 e. The molecule has 144 valence electrons. The zero-order valence-electron chi connectivity index (χ0n) is 14.1. The Labute approximate surface area is 170 Å². The minimum Gasteiger partial charge on any atom is -0.335 e. The summed E-state index contributed by atoms with van der Waals surface area (Å²) in [5, 5.41) is 13.3. The number of halogens is 3. The van der Waals surface area contributed by atoms with E-state index in [1.807, 2.05) is 22.9 Å².